The van der Waals surface area contributed by atoms with Crippen LogP contribution in [0.4, 0.5) is 5.69 Å². The van der Waals surface area contributed by atoms with Gasteiger partial charge in [0.2, 0.25) is 0 Å². The Bertz CT molecular complexity index is 1480. The lowest BCUT2D eigenvalue weighted by molar-refractivity contribution is 0.102. The number of carbonyl (C=O) groups excluding carboxylic acids is 1. The molecule has 1 N–H and O–H groups in total. The molecule has 0 radical (unpaired) electrons. The predicted molar refractivity (Wildman–Crippen MR) is 135 cm³/mol. The van der Waals surface area contributed by atoms with Gasteiger partial charge in [-0.15, -0.1) is 0 Å². The SMILES string of the molecule is Cc1cc(C)cc(NC(=O)c2cc(-c3ccc4ccccc4c3)n(-c3ccccc3C)n2)c1. The zero-order valence-corrected chi connectivity index (χ0v) is 19.0. The molecular formula is C29H25N3O. The third-order valence-corrected chi connectivity index (χ3v) is 5.81. The molecule has 33 heavy (non-hydrogen) atoms. The average Bonchev–Trinajstić information content (AvgIpc) is 3.24. The molecule has 1 aromatic heterocycles. The highest BCUT2D eigenvalue weighted by atomic mass is 16.1. The standard InChI is InChI=1S/C29H25N3O/c1-19-14-20(2)16-25(15-19)30-29(33)26-18-28(32(31-26)27-11-7-4-8-21(27)3)24-13-12-22-9-5-6-10-23(22)17-24/h4-18H,1-3H3,(H,30,33). The van der Waals surface area contributed by atoms with E-state index in [1.807, 2.05) is 67.1 Å². The van der Waals surface area contributed by atoms with Crippen LogP contribution in [0.25, 0.3) is 27.7 Å². The monoisotopic (exact) mass is 431 g/mol. The van der Waals surface area contributed by atoms with E-state index in [0.717, 1.165) is 44.7 Å². The maximum atomic E-state index is 13.2. The molecule has 4 aromatic carbocycles. The quantitative estimate of drug-likeness (QED) is 0.337. The molecule has 4 nitrogen and oxygen atoms in total. The van der Waals surface area contributed by atoms with Crippen LogP contribution in [-0.2, 0) is 0 Å². The molecule has 162 valence electrons. The van der Waals surface area contributed by atoms with Gasteiger partial charge in [-0.25, -0.2) is 4.68 Å². The number of nitrogens with one attached hydrogen (secondary N) is 1. The largest absolute Gasteiger partial charge is 0.321 e. The normalized spacial score (nSPS) is 11.0. The van der Waals surface area contributed by atoms with Crippen LogP contribution >= 0.6 is 0 Å². The van der Waals surface area contributed by atoms with Crippen LogP contribution in [0.2, 0.25) is 0 Å². The molecule has 5 rings (SSSR count). The molecule has 1 heterocycles. The molecule has 0 aliphatic heterocycles. The number of hydrogen-bond donors (Lipinski definition) is 1. The number of aryl methyl sites for hydroxylation is 3. The number of anilines is 1. The molecule has 1 amide bonds. The van der Waals surface area contributed by atoms with Gasteiger partial charge in [-0.2, -0.15) is 5.10 Å². The summed E-state index contributed by atoms with van der Waals surface area (Å²) in [5.74, 6) is -0.227. The number of nitrogens with zero attached hydrogens (tertiary/aromatic N) is 2. The van der Waals surface area contributed by atoms with E-state index in [2.05, 4.69) is 54.7 Å². The van der Waals surface area contributed by atoms with Gasteiger partial charge in [0.1, 0.15) is 0 Å². The van der Waals surface area contributed by atoms with E-state index >= 15 is 0 Å². The first-order valence-corrected chi connectivity index (χ1v) is 11.0. The summed E-state index contributed by atoms with van der Waals surface area (Å²) in [6.07, 6.45) is 0. The fraction of sp³-hybridized carbons (Fsp3) is 0.103. The van der Waals surface area contributed by atoms with Crippen molar-refractivity contribution in [3.8, 4) is 16.9 Å². The highest BCUT2D eigenvalue weighted by Crippen LogP contribution is 2.29. The molecule has 0 aliphatic rings. The highest BCUT2D eigenvalue weighted by molar-refractivity contribution is 6.03. The zero-order valence-electron chi connectivity index (χ0n) is 19.0. The molecule has 0 aliphatic carbocycles. The molecule has 0 unspecified atom stereocenters. The van der Waals surface area contributed by atoms with E-state index in [0.29, 0.717) is 5.69 Å². The van der Waals surface area contributed by atoms with Crippen LogP contribution in [0.15, 0.2) is 91.0 Å². The minimum absolute atomic E-state index is 0.227. The molecule has 0 atom stereocenters. The maximum absolute atomic E-state index is 13.2. The van der Waals surface area contributed by atoms with Crippen molar-refractivity contribution in [2.45, 2.75) is 20.8 Å². The van der Waals surface area contributed by atoms with Gasteiger partial charge in [-0.1, -0.05) is 60.7 Å². The Hall–Kier alpha value is -4.18. The molecule has 5 aromatic rings. The number of hydrogen-bond acceptors (Lipinski definition) is 2. The van der Waals surface area contributed by atoms with Gasteiger partial charge in [0.05, 0.1) is 11.4 Å². The predicted octanol–water partition coefficient (Wildman–Crippen LogP) is 6.87. The van der Waals surface area contributed by atoms with E-state index in [9.17, 15) is 4.79 Å². The number of aromatic nitrogens is 2. The second-order valence-electron chi connectivity index (χ2n) is 8.51. The van der Waals surface area contributed by atoms with Crippen molar-refractivity contribution in [1.29, 1.82) is 0 Å². The Labute approximate surface area is 193 Å². The maximum Gasteiger partial charge on any atom is 0.276 e. The van der Waals surface area contributed by atoms with Crippen LogP contribution in [0.1, 0.15) is 27.2 Å². The average molecular weight is 432 g/mol. The van der Waals surface area contributed by atoms with E-state index < -0.39 is 0 Å². The van der Waals surface area contributed by atoms with Crippen LogP contribution in [0.3, 0.4) is 0 Å². The molecule has 0 fully saturated rings. The molecule has 0 saturated heterocycles. The van der Waals surface area contributed by atoms with Crippen molar-refractivity contribution < 1.29 is 4.79 Å². The highest BCUT2D eigenvalue weighted by Gasteiger charge is 2.18. The van der Waals surface area contributed by atoms with Crippen molar-refractivity contribution in [1.82, 2.24) is 9.78 Å². The lowest BCUT2D eigenvalue weighted by Gasteiger charge is -2.11. The Balaban J connectivity index is 1.61. The first kappa shape index (κ1) is 20.7. The number of benzene rings is 4. The van der Waals surface area contributed by atoms with Gasteiger partial charge in [0.15, 0.2) is 5.69 Å². The number of rotatable bonds is 4. The summed E-state index contributed by atoms with van der Waals surface area (Å²) in [5.41, 5.74) is 7.28. The van der Waals surface area contributed by atoms with Crippen molar-refractivity contribution in [2.75, 3.05) is 5.32 Å². The summed E-state index contributed by atoms with van der Waals surface area (Å²) < 4.78 is 1.87. The number of amides is 1. The molecule has 0 saturated carbocycles. The van der Waals surface area contributed by atoms with Gasteiger partial charge in [-0.3, -0.25) is 4.79 Å². The summed E-state index contributed by atoms with van der Waals surface area (Å²) in [6, 6.07) is 30.6. The van der Waals surface area contributed by atoms with Gasteiger partial charge in [-0.05, 0) is 78.6 Å². The second-order valence-corrected chi connectivity index (χ2v) is 8.51. The van der Waals surface area contributed by atoms with Crippen molar-refractivity contribution in [2.24, 2.45) is 0 Å². The number of fused-ring (bicyclic) bond motifs is 1. The molecule has 0 spiro atoms. The lowest BCUT2D eigenvalue weighted by atomic mass is 10.0. The summed E-state index contributed by atoms with van der Waals surface area (Å²) in [5, 5.41) is 10.1. The van der Waals surface area contributed by atoms with Gasteiger partial charge in [0, 0.05) is 11.3 Å². The molecular weight excluding hydrogens is 406 g/mol. The minimum atomic E-state index is -0.227. The van der Waals surface area contributed by atoms with E-state index in [4.69, 9.17) is 5.10 Å². The van der Waals surface area contributed by atoms with Crippen LogP contribution in [0.5, 0.6) is 0 Å². The lowest BCUT2D eigenvalue weighted by Crippen LogP contribution is -2.13. The third-order valence-electron chi connectivity index (χ3n) is 5.81. The smallest absolute Gasteiger partial charge is 0.276 e. The first-order valence-electron chi connectivity index (χ1n) is 11.0. The summed E-state index contributed by atoms with van der Waals surface area (Å²) >= 11 is 0. The Kier molecular flexibility index (Phi) is 5.27. The molecule has 4 heteroatoms. The summed E-state index contributed by atoms with van der Waals surface area (Å²) in [6.45, 7) is 6.09. The van der Waals surface area contributed by atoms with Crippen LogP contribution < -0.4 is 5.32 Å². The number of para-hydroxylation sites is 1. The number of carbonyl (C=O) groups is 1. The third kappa shape index (κ3) is 4.15. The Morgan fingerprint density at radius 2 is 1.45 bits per heavy atom. The molecule has 0 bridgehead atoms. The van der Waals surface area contributed by atoms with Crippen molar-refractivity contribution in [3.63, 3.8) is 0 Å². The second kappa shape index (κ2) is 8.40. The van der Waals surface area contributed by atoms with Crippen LogP contribution in [-0.4, -0.2) is 15.7 Å². The summed E-state index contributed by atoms with van der Waals surface area (Å²) in [4.78, 5) is 13.2. The van der Waals surface area contributed by atoms with Crippen molar-refractivity contribution >= 4 is 22.4 Å². The minimum Gasteiger partial charge on any atom is -0.321 e. The van der Waals surface area contributed by atoms with Crippen LogP contribution in [0, 0.1) is 20.8 Å². The van der Waals surface area contributed by atoms with Gasteiger partial charge >= 0.3 is 0 Å². The van der Waals surface area contributed by atoms with Gasteiger partial charge < -0.3 is 5.32 Å². The van der Waals surface area contributed by atoms with E-state index in [-0.39, 0.29) is 5.91 Å². The topological polar surface area (TPSA) is 46.9 Å². The first-order chi connectivity index (χ1) is 16.0. The van der Waals surface area contributed by atoms with E-state index in [1.165, 1.54) is 5.39 Å². The zero-order chi connectivity index (χ0) is 22.9. The van der Waals surface area contributed by atoms with E-state index in [1.54, 1.807) is 0 Å². The Morgan fingerprint density at radius 1 is 0.758 bits per heavy atom. The van der Waals surface area contributed by atoms with Gasteiger partial charge in [0.25, 0.3) is 5.91 Å². The van der Waals surface area contributed by atoms with Crippen molar-refractivity contribution in [3.05, 3.63) is 113 Å². The Morgan fingerprint density at radius 3 is 2.21 bits per heavy atom. The fourth-order valence-corrected chi connectivity index (χ4v) is 4.27. The fourth-order valence-electron chi connectivity index (χ4n) is 4.27. The summed E-state index contributed by atoms with van der Waals surface area (Å²) in [7, 11) is 0.